The van der Waals surface area contributed by atoms with E-state index in [1.165, 1.54) is 5.69 Å². The fourth-order valence-electron chi connectivity index (χ4n) is 4.06. The molecule has 0 atom stereocenters. The predicted octanol–water partition coefficient (Wildman–Crippen LogP) is 4.64. The third-order valence-electron chi connectivity index (χ3n) is 5.59. The minimum absolute atomic E-state index is 0.842. The van der Waals surface area contributed by atoms with Crippen LogP contribution in [0.25, 0.3) is 22.6 Å². The van der Waals surface area contributed by atoms with E-state index < -0.39 is 0 Å². The number of imidazole rings is 1. The molecule has 2 aromatic carbocycles. The molecule has 4 aromatic rings. The lowest BCUT2D eigenvalue weighted by Crippen LogP contribution is -2.33. The van der Waals surface area contributed by atoms with Crippen LogP contribution in [0.15, 0.2) is 79.0 Å². The van der Waals surface area contributed by atoms with Crippen molar-refractivity contribution in [2.45, 2.75) is 19.6 Å². The normalized spacial score (nSPS) is 13.8. The summed E-state index contributed by atoms with van der Waals surface area (Å²) in [5.41, 5.74) is 5.65. The molecule has 0 bridgehead atoms. The molecule has 0 radical (unpaired) electrons. The van der Waals surface area contributed by atoms with Crippen molar-refractivity contribution < 1.29 is 4.74 Å². The second-order valence-corrected chi connectivity index (χ2v) is 7.51. The van der Waals surface area contributed by atoms with Gasteiger partial charge in [0.15, 0.2) is 0 Å². The lowest BCUT2D eigenvalue weighted by molar-refractivity contribution is 0.212. The van der Waals surface area contributed by atoms with Crippen molar-refractivity contribution in [2.24, 2.45) is 0 Å². The van der Waals surface area contributed by atoms with Gasteiger partial charge in [-0.1, -0.05) is 36.4 Å². The van der Waals surface area contributed by atoms with Gasteiger partial charge in [0, 0.05) is 43.5 Å². The van der Waals surface area contributed by atoms with E-state index in [0.717, 1.165) is 60.3 Å². The molecule has 0 amide bonds. The molecule has 1 aliphatic rings. The van der Waals surface area contributed by atoms with E-state index in [4.69, 9.17) is 9.72 Å². The summed E-state index contributed by atoms with van der Waals surface area (Å²) in [6.45, 7) is 3.57. The van der Waals surface area contributed by atoms with Crippen LogP contribution >= 0.6 is 0 Å². The van der Waals surface area contributed by atoms with Gasteiger partial charge in [0.2, 0.25) is 0 Å². The van der Waals surface area contributed by atoms with Crippen LogP contribution in [0.3, 0.4) is 0 Å². The lowest BCUT2D eigenvalue weighted by atomic mass is 10.1. The maximum absolute atomic E-state index is 5.33. The van der Waals surface area contributed by atoms with Gasteiger partial charge in [0.1, 0.15) is 11.6 Å². The van der Waals surface area contributed by atoms with Gasteiger partial charge in [-0.3, -0.25) is 9.88 Å². The fraction of sp³-hybridized carbons (Fsp3) is 0.200. The summed E-state index contributed by atoms with van der Waals surface area (Å²) in [5, 5.41) is 0. The molecule has 5 heteroatoms. The van der Waals surface area contributed by atoms with Crippen LogP contribution in [0, 0.1) is 0 Å². The summed E-state index contributed by atoms with van der Waals surface area (Å²) in [4.78, 5) is 12.1. The van der Waals surface area contributed by atoms with E-state index in [1.54, 1.807) is 7.11 Å². The molecule has 0 saturated heterocycles. The Morgan fingerprint density at radius 1 is 0.867 bits per heavy atom. The van der Waals surface area contributed by atoms with Crippen molar-refractivity contribution >= 4 is 0 Å². The zero-order chi connectivity index (χ0) is 20.3. The van der Waals surface area contributed by atoms with Gasteiger partial charge in [0.25, 0.3) is 0 Å². The predicted molar refractivity (Wildman–Crippen MR) is 118 cm³/mol. The van der Waals surface area contributed by atoms with Crippen LogP contribution in [0.2, 0.25) is 0 Å². The maximum atomic E-state index is 5.33. The van der Waals surface area contributed by atoms with Crippen LogP contribution in [0.4, 0.5) is 0 Å². The Bertz CT molecular complexity index is 1120. The van der Waals surface area contributed by atoms with Gasteiger partial charge in [-0.05, 0) is 36.4 Å². The average molecular weight is 396 g/mol. The smallest absolute Gasteiger partial charge is 0.140 e. The number of hydrogen-bond donors (Lipinski definition) is 0. The molecule has 2 aromatic heterocycles. The number of benzene rings is 2. The summed E-state index contributed by atoms with van der Waals surface area (Å²) in [6.07, 6.45) is 1.86. The zero-order valence-corrected chi connectivity index (χ0v) is 17.0. The van der Waals surface area contributed by atoms with E-state index >= 15 is 0 Å². The summed E-state index contributed by atoms with van der Waals surface area (Å²) in [7, 11) is 1.69. The Morgan fingerprint density at radius 3 is 2.40 bits per heavy atom. The molecule has 0 unspecified atom stereocenters. The standard InChI is InChI=1S/C25H24N4O/c1-30-22-12-10-19(11-13-22)24-23-18-28(17-21-9-5-6-14-26-21)15-16-29(23)25(27-24)20-7-3-2-4-8-20/h2-14H,15-18H2,1H3. The van der Waals surface area contributed by atoms with Crippen molar-refractivity contribution in [1.29, 1.82) is 0 Å². The minimum atomic E-state index is 0.842. The number of pyridine rings is 1. The second kappa shape index (κ2) is 8.13. The maximum Gasteiger partial charge on any atom is 0.140 e. The molecule has 30 heavy (non-hydrogen) atoms. The number of nitrogens with zero attached hydrogens (tertiary/aromatic N) is 4. The van der Waals surface area contributed by atoms with E-state index in [0.29, 0.717) is 0 Å². The molecular formula is C25H24N4O. The third-order valence-corrected chi connectivity index (χ3v) is 5.59. The summed E-state index contributed by atoms with van der Waals surface area (Å²) in [5.74, 6) is 1.89. The zero-order valence-electron chi connectivity index (χ0n) is 17.0. The van der Waals surface area contributed by atoms with E-state index in [1.807, 2.05) is 36.5 Å². The highest BCUT2D eigenvalue weighted by atomic mass is 16.5. The Kier molecular flexibility index (Phi) is 5.03. The molecule has 0 aliphatic carbocycles. The van der Waals surface area contributed by atoms with Crippen molar-refractivity contribution in [3.8, 4) is 28.4 Å². The first-order valence-corrected chi connectivity index (χ1v) is 10.2. The van der Waals surface area contributed by atoms with Crippen LogP contribution in [0.1, 0.15) is 11.4 Å². The molecule has 5 nitrogen and oxygen atoms in total. The minimum Gasteiger partial charge on any atom is -0.497 e. The van der Waals surface area contributed by atoms with Crippen molar-refractivity contribution in [3.05, 3.63) is 90.4 Å². The number of ether oxygens (including phenoxy) is 1. The number of methoxy groups -OCH3 is 1. The van der Waals surface area contributed by atoms with Crippen LogP contribution in [-0.4, -0.2) is 33.1 Å². The Hall–Kier alpha value is -3.44. The third kappa shape index (κ3) is 3.60. The Morgan fingerprint density at radius 2 is 1.67 bits per heavy atom. The van der Waals surface area contributed by atoms with E-state index in [9.17, 15) is 0 Å². The van der Waals surface area contributed by atoms with Gasteiger partial charge in [0.05, 0.1) is 24.2 Å². The molecule has 150 valence electrons. The first-order chi connectivity index (χ1) is 14.8. The van der Waals surface area contributed by atoms with Crippen LogP contribution < -0.4 is 4.74 Å². The van der Waals surface area contributed by atoms with Crippen molar-refractivity contribution in [2.75, 3.05) is 13.7 Å². The Labute approximate surface area is 176 Å². The second-order valence-electron chi connectivity index (χ2n) is 7.51. The van der Waals surface area contributed by atoms with Gasteiger partial charge < -0.3 is 9.30 Å². The van der Waals surface area contributed by atoms with E-state index in [2.05, 4.69) is 56.9 Å². The lowest BCUT2D eigenvalue weighted by Gasteiger charge is -2.29. The van der Waals surface area contributed by atoms with Crippen molar-refractivity contribution in [3.63, 3.8) is 0 Å². The fourth-order valence-corrected chi connectivity index (χ4v) is 4.06. The van der Waals surface area contributed by atoms with E-state index in [-0.39, 0.29) is 0 Å². The SMILES string of the molecule is COc1ccc(-c2nc(-c3ccccc3)n3c2CN(Cc2ccccn2)CC3)cc1. The molecule has 1 aliphatic heterocycles. The number of fused-ring (bicyclic) bond motifs is 1. The molecule has 5 rings (SSSR count). The van der Waals surface area contributed by atoms with Gasteiger partial charge in [-0.15, -0.1) is 0 Å². The summed E-state index contributed by atoms with van der Waals surface area (Å²) in [6, 6.07) is 24.7. The topological polar surface area (TPSA) is 43.2 Å². The largest absolute Gasteiger partial charge is 0.497 e. The highest BCUT2D eigenvalue weighted by molar-refractivity contribution is 5.69. The van der Waals surface area contributed by atoms with Crippen molar-refractivity contribution in [1.82, 2.24) is 19.4 Å². The molecule has 0 spiro atoms. The quantitative estimate of drug-likeness (QED) is 0.493. The highest BCUT2D eigenvalue weighted by Crippen LogP contribution is 2.33. The van der Waals surface area contributed by atoms with Gasteiger partial charge in [-0.2, -0.15) is 0 Å². The summed E-state index contributed by atoms with van der Waals surface area (Å²) < 4.78 is 7.71. The monoisotopic (exact) mass is 396 g/mol. The first-order valence-electron chi connectivity index (χ1n) is 10.2. The molecule has 0 saturated carbocycles. The first kappa shape index (κ1) is 18.6. The molecule has 0 fully saturated rings. The van der Waals surface area contributed by atoms with Gasteiger partial charge >= 0.3 is 0 Å². The number of aromatic nitrogens is 3. The van der Waals surface area contributed by atoms with Crippen LogP contribution in [0.5, 0.6) is 5.75 Å². The van der Waals surface area contributed by atoms with Crippen LogP contribution in [-0.2, 0) is 19.6 Å². The molecule has 0 N–H and O–H groups in total. The molecular weight excluding hydrogens is 372 g/mol. The Balaban J connectivity index is 1.54. The number of hydrogen-bond acceptors (Lipinski definition) is 4. The highest BCUT2D eigenvalue weighted by Gasteiger charge is 2.25. The average Bonchev–Trinajstić information content (AvgIpc) is 3.19. The molecule has 3 heterocycles. The van der Waals surface area contributed by atoms with Gasteiger partial charge in [-0.25, -0.2) is 4.98 Å². The number of rotatable bonds is 5. The summed E-state index contributed by atoms with van der Waals surface area (Å²) >= 11 is 0.